The van der Waals surface area contributed by atoms with Gasteiger partial charge in [0.15, 0.2) is 5.82 Å². The fraction of sp³-hybridized carbons (Fsp3) is 0.471. The monoisotopic (exact) mass is 370 g/mol. The lowest BCUT2D eigenvalue weighted by Gasteiger charge is -2.14. The summed E-state index contributed by atoms with van der Waals surface area (Å²) >= 11 is 0. The zero-order chi connectivity index (χ0) is 19.0. The lowest BCUT2D eigenvalue weighted by Crippen LogP contribution is -2.22. The molecule has 0 aliphatic rings. The van der Waals surface area contributed by atoms with Gasteiger partial charge in [-0.3, -0.25) is 4.79 Å². The maximum absolute atomic E-state index is 12.3. The molecule has 1 amide bonds. The van der Waals surface area contributed by atoms with Gasteiger partial charge in [0.1, 0.15) is 6.54 Å². The Morgan fingerprint density at radius 2 is 1.92 bits per heavy atom. The SMILES string of the molecule is CCCc1noc(CCCC(=O)Nc2ccccc2NCC(F)(F)F)n1. The van der Waals surface area contributed by atoms with Gasteiger partial charge < -0.3 is 15.2 Å². The van der Waals surface area contributed by atoms with Crippen LogP contribution in [0.25, 0.3) is 0 Å². The molecule has 1 aromatic heterocycles. The highest BCUT2D eigenvalue weighted by molar-refractivity contribution is 5.94. The maximum atomic E-state index is 12.3. The molecule has 1 aromatic carbocycles. The first kappa shape index (κ1) is 19.7. The molecular weight excluding hydrogens is 349 g/mol. The van der Waals surface area contributed by atoms with Gasteiger partial charge in [-0.1, -0.05) is 24.2 Å². The van der Waals surface area contributed by atoms with E-state index in [1.807, 2.05) is 6.92 Å². The molecule has 0 radical (unpaired) electrons. The van der Waals surface area contributed by atoms with Gasteiger partial charge in [-0.15, -0.1) is 0 Å². The summed E-state index contributed by atoms with van der Waals surface area (Å²) in [4.78, 5) is 16.3. The van der Waals surface area contributed by atoms with E-state index < -0.39 is 12.7 Å². The Kier molecular flexibility index (Phi) is 6.99. The van der Waals surface area contributed by atoms with E-state index in [-0.39, 0.29) is 18.0 Å². The number of hydrogen-bond donors (Lipinski definition) is 2. The highest BCUT2D eigenvalue weighted by Gasteiger charge is 2.27. The molecule has 0 aliphatic heterocycles. The second-order valence-corrected chi connectivity index (χ2v) is 5.77. The predicted octanol–water partition coefficient (Wildman–Crippen LogP) is 3.96. The summed E-state index contributed by atoms with van der Waals surface area (Å²) in [5, 5.41) is 8.74. The summed E-state index contributed by atoms with van der Waals surface area (Å²) in [5.74, 6) is 0.838. The van der Waals surface area contributed by atoms with Crippen molar-refractivity contribution in [3.63, 3.8) is 0 Å². The van der Waals surface area contributed by atoms with Crippen molar-refractivity contribution in [3.05, 3.63) is 36.0 Å². The van der Waals surface area contributed by atoms with E-state index in [1.165, 1.54) is 6.07 Å². The summed E-state index contributed by atoms with van der Waals surface area (Å²) in [6, 6.07) is 6.26. The van der Waals surface area contributed by atoms with Gasteiger partial charge in [0.25, 0.3) is 0 Å². The summed E-state index contributed by atoms with van der Waals surface area (Å²) in [5.41, 5.74) is 0.532. The van der Waals surface area contributed by atoms with Gasteiger partial charge in [0.05, 0.1) is 11.4 Å². The van der Waals surface area contributed by atoms with E-state index in [4.69, 9.17) is 4.52 Å². The van der Waals surface area contributed by atoms with E-state index in [9.17, 15) is 18.0 Å². The van der Waals surface area contributed by atoms with Crippen LogP contribution in [-0.4, -0.2) is 28.8 Å². The first-order chi connectivity index (χ1) is 12.4. The van der Waals surface area contributed by atoms with E-state index in [0.717, 1.165) is 12.8 Å². The molecular formula is C17H21F3N4O2. The molecule has 0 spiro atoms. The van der Waals surface area contributed by atoms with Crippen molar-refractivity contribution in [3.8, 4) is 0 Å². The minimum atomic E-state index is -4.34. The van der Waals surface area contributed by atoms with E-state index in [1.54, 1.807) is 18.2 Å². The molecule has 2 N–H and O–H groups in total. The molecule has 2 aromatic rings. The molecule has 1 heterocycles. The quantitative estimate of drug-likeness (QED) is 0.698. The Morgan fingerprint density at radius 3 is 2.62 bits per heavy atom. The third kappa shape index (κ3) is 6.73. The number of amides is 1. The lowest BCUT2D eigenvalue weighted by molar-refractivity contribution is -0.116. The number of aromatic nitrogens is 2. The van der Waals surface area contributed by atoms with Gasteiger partial charge in [0.2, 0.25) is 11.8 Å². The first-order valence-electron chi connectivity index (χ1n) is 8.38. The van der Waals surface area contributed by atoms with Gasteiger partial charge in [-0.05, 0) is 25.0 Å². The van der Waals surface area contributed by atoms with Crippen LogP contribution in [0.4, 0.5) is 24.5 Å². The van der Waals surface area contributed by atoms with Crippen molar-refractivity contribution in [2.45, 2.75) is 45.2 Å². The number of hydrogen-bond acceptors (Lipinski definition) is 5. The van der Waals surface area contributed by atoms with Crippen molar-refractivity contribution in [2.24, 2.45) is 0 Å². The zero-order valence-electron chi connectivity index (χ0n) is 14.4. The van der Waals surface area contributed by atoms with Gasteiger partial charge >= 0.3 is 6.18 Å². The zero-order valence-corrected chi connectivity index (χ0v) is 14.4. The van der Waals surface area contributed by atoms with Crippen molar-refractivity contribution >= 4 is 17.3 Å². The van der Waals surface area contributed by atoms with Gasteiger partial charge in [0, 0.05) is 19.3 Å². The standard InChI is InChI=1S/C17H21F3N4O2/c1-2-6-14-23-16(26-24-14)10-5-9-15(25)22-13-8-4-3-7-12(13)21-11-17(18,19)20/h3-4,7-8,21H,2,5-6,9-11H2,1H3,(H,22,25). The lowest BCUT2D eigenvalue weighted by atomic mass is 10.2. The summed E-state index contributed by atoms with van der Waals surface area (Å²) in [6.07, 6.45) is -1.51. The Balaban J connectivity index is 1.81. The molecule has 2 rings (SSSR count). The Labute approximate surface area is 149 Å². The van der Waals surface area contributed by atoms with Crippen LogP contribution in [0.2, 0.25) is 0 Å². The third-order valence-corrected chi connectivity index (χ3v) is 3.46. The van der Waals surface area contributed by atoms with Gasteiger partial charge in [-0.2, -0.15) is 18.2 Å². The second kappa shape index (κ2) is 9.21. The molecule has 0 bridgehead atoms. The van der Waals surface area contributed by atoms with Gasteiger partial charge in [-0.25, -0.2) is 0 Å². The minimum absolute atomic E-state index is 0.194. The number of carbonyl (C=O) groups is 1. The molecule has 0 unspecified atom stereocenters. The minimum Gasteiger partial charge on any atom is -0.375 e. The number of alkyl halides is 3. The normalized spacial score (nSPS) is 11.4. The number of anilines is 2. The van der Waals surface area contributed by atoms with E-state index in [0.29, 0.717) is 30.2 Å². The van der Waals surface area contributed by atoms with Crippen LogP contribution in [0, 0.1) is 0 Å². The number of nitrogens with zero attached hydrogens (tertiary/aromatic N) is 2. The molecule has 0 saturated heterocycles. The maximum Gasteiger partial charge on any atom is 0.405 e. The fourth-order valence-corrected chi connectivity index (χ4v) is 2.27. The fourth-order valence-electron chi connectivity index (χ4n) is 2.27. The average molecular weight is 370 g/mol. The third-order valence-electron chi connectivity index (χ3n) is 3.46. The highest BCUT2D eigenvalue weighted by atomic mass is 19.4. The van der Waals surface area contributed by atoms with Crippen molar-refractivity contribution in [2.75, 3.05) is 17.2 Å². The average Bonchev–Trinajstić information content (AvgIpc) is 3.01. The molecule has 9 heteroatoms. The van der Waals surface area contributed by atoms with Crippen LogP contribution < -0.4 is 10.6 Å². The number of aryl methyl sites for hydroxylation is 2. The second-order valence-electron chi connectivity index (χ2n) is 5.77. The van der Waals surface area contributed by atoms with Crippen LogP contribution in [0.3, 0.4) is 0 Å². The number of rotatable bonds is 9. The van der Waals surface area contributed by atoms with Crippen LogP contribution >= 0.6 is 0 Å². The topological polar surface area (TPSA) is 80.0 Å². The van der Waals surface area contributed by atoms with Crippen LogP contribution in [-0.2, 0) is 17.6 Å². The molecule has 0 fully saturated rings. The van der Waals surface area contributed by atoms with Crippen molar-refractivity contribution in [1.29, 1.82) is 0 Å². The summed E-state index contributed by atoms with van der Waals surface area (Å²) in [6.45, 7) is 0.846. The predicted molar refractivity (Wildman–Crippen MR) is 90.8 cm³/mol. The largest absolute Gasteiger partial charge is 0.405 e. The first-order valence-corrected chi connectivity index (χ1v) is 8.38. The molecule has 0 aliphatic carbocycles. The molecule has 142 valence electrons. The number of halogens is 3. The smallest absolute Gasteiger partial charge is 0.375 e. The number of carbonyl (C=O) groups excluding carboxylic acids is 1. The van der Waals surface area contributed by atoms with E-state index >= 15 is 0 Å². The van der Waals surface area contributed by atoms with Crippen LogP contribution in [0.5, 0.6) is 0 Å². The molecule has 6 nitrogen and oxygen atoms in total. The molecule has 0 saturated carbocycles. The molecule has 26 heavy (non-hydrogen) atoms. The molecule has 0 atom stereocenters. The summed E-state index contributed by atoms with van der Waals surface area (Å²) in [7, 11) is 0. The van der Waals surface area contributed by atoms with Crippen molar-refractivity contribution < 1.29 is 22.5 Å². The van der Waals surface area contributed by atoms with Crippen LogP contribution in [0.1, 0.15) is 37.9 Å². The van der Waals surface area contributed by atoms with Crippen molar-refractivity contribution in [1.82, 2.24) is 10.1 Å². The Hall–Kier alpha value is -2.58. The number of nitrogens with one attached hydrogen (secondary N) is 2. The summed E-state index contributed by atoms with van der Waals surface area (Å²) < 4.78 is 42.1. The van der Waals surface area contributed by atoms with Crippen LogP contribution in [0.15, 0.2) is 28.8 Å². The Morgan fingerprint density at radius 1 is 1.19 bits per heavy atom. The number of para-hydroxylation sites is 2. The highest BCUT2D eigenvalue weighted by Crippen LogP contribution is 2.23. The Bertz CT molecular complexity index is 716. The van der Waals surface area contributed by atoms with E-state index in [2.05, 4.69) is 20.8 Å². The number of benzene rings is 1.